The molecule has 330 valence electrons. The Labute approximate surface area is 362 Å². The number of rotatable bonds is 12. The van der Waals surface area contributed by atoms with Gasteiger partial charge in [-0.15, -0.1) is 0 Å². The van der Waals surface area contributed by atoms with E-state index in [9.17, 15) is 33.6 Å². The topological polar surface area (TPSA) is 193 Å². The van der Waals surface area contributed by atoms with Crippen molar-refractivity contribution < 1.29 is 43.0 Å². The lowest BCUT2D eigenvalue weighted by Crippen LogP contribution is -2.58. The summed E-state index contributed by atoms with van der Waals surface area (Å²) in [6.07, 6.45) is 1.63. The Morgan fingerprint density at radius 3 is 2.29 bits per heavy atom. The summed E-state index contributed by atoms with van der Waals surface area (Å²) in [6.45, 7) is 5.41. The van der Waals surface area contributed by atoms with E-state index in [1.807, 2.05) is 62.4 Å². The summed E-state index contributed by atoms with van der Waals surface area (Å²) in [4.78, 5) is 98.8. The lowest BCUT2D eigenvalue weighted by atomic mass is 9.94. The molecule has 1 fully saturated rings. The molecule has 3 aromatic rings. The van der Waals surface area contributed by atoms with Crippen LogP contribution in [0.1, 0.15) is 74.8 Å². The second-order valence-corrected chi connectivity index (χ2v) is 17.2. The molecule has 2 aliphatic heterocycles. The van der Waals surface area contributed by atoms with Crippen molar-refractivity contribution in [2.75, 3.05) is 33.8 Å². The number of fused-ring (bicyclic) bond motifs is 5. The largest absolute Gasteiger partial charge is 0.493 e. The Morgan fingerprint density at radius 2 is 1.61 bits per heavy atom. The van der Waals surface area contributed by atoms with Gasteiger partial charge in [-0.1, -0.05) is 80.1 Å². The van der Waals surface area contributed by atoms with Crippen molar-refractivity contribution in [2.24, 2.45) is 5.92 Å². The van der Waals surface area contributed by atoms with E-state index in [0.29, 0.717) is 49.2 Å². The normalized spacial score (nSPS) is 21.0. The maximum absolute atomic E-state index is 14.9. The van der Waals surface area contributed by atoms with Gasteiger partial charge in [0.05, 0.1) is 37.3 Å². The van der Waals surface area contributed by atoms with Crippen molar-refractivity contribution in [3.63, 3.8) is 0 Å². The number of amides is 6. The molecule has 15 heteroatoms. The SMILES string of the molecule is CCCC(NC(=O)C1C[C@@H]2CN1C(=O)[C@H](C1Cc3ccccc3C1)NC(=O)Cc1cccc(c1)OCCC(C)(C)O2)C(=O)C(=O)NCC(=O)N[C@H](C(=O)N(C)C)c1ccccc1. The number of nitrogens with one attached hydrogen (secondary N) is 4. The zero-order valence-corrected chi connectivity index (χ0v) is 36.1. The molecule has 1 aliphatic carbocycles. The van der Waals surface area contributed by atoms with Crippen molar-refractivity contribution >= 4 is 41.2 Å². The van der Waals surface area contributed by atoms with E-state index >= 15 is 0 Å². The molecule has 0 spiro atoms. The number of hydrogen-bond acceptors (Lipinski definition) is 9. The molecule has 0 radical (unpaired) electrons. The fourth-order valence-electron chi connectivity index (χ4n) is 8.48. The van der Waals surface area contributed by atoms with E-state index < -0.39 is 71.8 Å². The number of carbonyl (C=O) groups excluding carboxylic acids is 7. The van der Waals surface area contributed by atoms with Crippen LogP contribution in [0.5, 0.6) is 5.75 Å². The van der Waals surface area contributed by atoms with Crippen molar-refractivity contribution in [3.8, 4) is 5.75 Å². The fraction of sp³-hybridized carbons (Fsp3) is 0.468. The number of likely N-dealkylation sites (N-methyl/N-ethyl adjacent to an activating group) is 1. The minimum Gasteiger partial charge on any atom is -0.493 e. The molecule has 6 rings (SSSR count). The summed E-state index contributed by atoms with van der Waals surface area (Å²) in [5.74, 6) is -4.27. The van der Waals surface area contributed by atoms with Crippen molar-refractivity contribution in [1.29, 1.82) is 0 Å². The van der Waals surface area contributed by atoms with Crippen LogP contribution in [0, 0.1) is 5.92 Å². The third-order valence-electron chi connectivity index (χ3n) is 11.7. The van der Waals surface area contributed by atoms with Crippen LogP contribution in [0.2, 0.25) is 0 Å². The second kappa shape index (κ2) is 20.2. The maximum atomic E-state index is 14.9. The summed E-state index contributed by atoms with van der Waals surface area (Å²) >= 11 is 0. The van der Waals surface area contributed by atoms with Crippen LogP contribution in [0.3, 0.4) is 0 Å². The summed E-state index contributed by atoms with van der Waals surface area (Å²) in [6, 6.07) is 19.5. The monoisotopic (exact) mass is 850 g/mol. The number of ether oxygens (including phenoxy) is 2. The van der Waals surface area contributed by atoms with Gasteiger partial charge in [0.1, 0.15) is 23.9 Å². The van der Waals surface area contributed by atoms with Crippen LogP contribution in [0.25, 0.3) is 0 Å². The Bertz CT molecular complexity index is 2120. The number of benzene rings is 3. The predicted molar refractivity (Wildman–Crippen MR) is 229 cm³/mol. The fourth-order valence-corrected chi connectivity index (χ4v) is 8.48. The second-order valence-electron chi connectivity index (χ2n) is 17.2. The molecule has 3 aliphatic rings. The van der Waals surface area contributed by atoms with Gasteiger partial charge in [0, 0.05) is 33.5 Å². The molecule has 62 heavy (non-hydrogen) atoms. The zero-order valence-electron chi connectivity index (χ0n) is 36.1. The third-order valence-corrected chi connectivity index (χ3v) is 11.7. The van der Waals surface area contributed by atoms with E-state index in [1.165, 1.54) is 9.80 Å². The molecule has 5 atom stereocenters. The van der Waals surface area contributed by atoms with Crippen LogP contribution >= 0.6 is 0 Å². The first kappa shape index (κ1) is 45.4. The van der Waals surface area contributed by atoms with E-state index in [4.69, 9.17) is 9.47 Å². The van der Waals surface area contributed by atoms with Crippen LogP contribution in [-0.2, 0) is 57.6 Å². The molecular weight excluding hydrogens is 793 g/mol. The first-order valence-electron chi connectivity index (χ1n) is 21.4. The number of Topliss-reactive ketones (excluding diaryl/α,β-unsaturated/α-hetero) is 1. The molecule has 3 aromatic carbocycles. The number of nitrogens with zero attached hydrogens (tertiary/aromatic N) is 2. The summed E-state index contributed by atoms with van der Waals surface area (Å²) < 4.78 is 12.6. The van der Waals surface area contributed by atoms with E-state index in [1.54, 1.807) is 51.4 Å². The quantitative estimate of drug-likeness (QED) is 0.199. The minimum absolute atomic E-state index is 0.00808. The van der Waals surface area contributed by atoms with Gasteiger partial charge in [0.15, 0.2) is 0 Å². The van der Waals surface area contributed by atoms with E-state index in [2.05, 4.69) is 21.3 Å². The lowest BCUT2D eigenvalue weighted by molar-refractivity contribution is -0.144. The molecular formula is C47H58N6O9. The van der Waals surface area contributed by atoms with Crippen molar-refractivity contribution in [3.05, 3.63) is 101 Å². The highest BCUT2D eigenvalue weighted by Crippen LogP contribution is 2.33. The predicted octanol–water partition coefficient (Wildman–Crippen LogP) is 2.59. The zero-order chi connectivity index (χ0) is 44.6. The van der Waals surface area contributed by atoms with Crippen molar-refractivity contribution in [1.82, 2.24) is 31.1 Å². The van der Waals surface area contributed by atoms with Gasteiger partial charge >= 0.3 is 0 Å². The smallest absolute Gasteiger partial charge is 0.290 e. The van der Waals surface area contributed by atoms with Crippen LogP contribution in [0.15, 0.2) is 78.9 Å². The highest BCUT2D eigenvalue weighted by molar-refractivity contribution is 6.38. The van der Waals surface area contributed by atoms with Crippen LogP contribution in [-0.4, -0.2) is 115 Å². The first-order valence-corrected chi connectivity index (χ1v) is 21.4. The summed E-state index contributed by atoms with van der Waals surface area (Å²) in [7, 11) is 3.12. The van der Waals surface area contributed by atoms with Gasteiger partial charge in [0.2, 0.25) is 35.3 Å². The molecule has 2 unspecified atom stereocenters. The van der Waals surface area contributed by atoms with E-state index in [0.717, 1.165) is 11.1 Å². The van der Waals surface area contributed by atoms with Crippen molar-refractivity contribution in [2.45, 2.75) is 102 Å². The maximum Gasteiger partial charge on any atom is 0.290 e. The molecule has 2 heterocycles. The van der Waals surface area contributed by atoms with Crippen LogP contribution < -0.4 is 26.0 Å². The molecule has 0 aromatic heterocycles. The molecule has 1 saturated heterocycles. The average Bonchev–Trinajstić information content (AvgIpc) is 3.87. The summed E-state index contributed by atoms with van der Waals surface area (Å²) in [5, 5.41) is 10.8. The Morgan fingerprint density at radius 1 is 0.919 bits per heavy atom. The molecule has 6 amide bonds. The standard InChI is InChI=1S/C47H58N6O9/c1-6-13-36(42(56)44(58)48-27-39(55)51-40(45(59)52(4)5)30-15-8-7-9-16-30)49-43(57)37-26-35-28-53(37)46(60)41(33-24-31-17-10-11-18-32(31)25-33)50-38(54)23-29-14-12-19-34(22-29)61-21-20-47(2,3)62-35/h7-12,14-19,22,33,35-37,40-41H,6,13,20-21,23-28H2,1-5H3,(H,48,58)(H,49,57)(H,50,54)(H,51,55)/t35-,36?,37?,40+,41+/m1/s1. The molecule has 0 saturated carbocycles. The van der Waals surface area contributed by atoms with Gasteiger partial charge in [-0.25, -0.2) is 0 Å². The van der Waals surface area contributed by atoms with Gasteiger partial charge in [-0.3, -0.25) is 33.6 Å². The Kier molecular flexibility index (Phi) is 14.8. The number of ketones is 1. The third kappa shape index (κ3) is 11.4. The first-order chi connectivity index (χ1) is 29.6. The molecule has 15 nitrogen and oxygen atoms in total. The average molecular weight is 851 g/mol. The van der Waals surface area contributed by atoms with Gasteiger partial charge < -0.3 is 40.5 Å². The Balaban J connectivity index is 1.20. The highest BCUT2D eigenvalue weighted by Gasteiger charge is 2.47. The molecule has 4 N–H and O–H groups in total. The number of carbonyl (C=O) groups is 7. The summed E-state index contributed by atoms with van der Waals surface area (Å²) in [5.41, 5.74) is 2.72. The van der Waals surface area contributed by atoms with E-state index in [-0.39, 0.29) is 43.5 Å². The molecule has 4 bridgehead atoms. The minimum atomic E-state index is -1.27. The van der Waals surface area contributed by atoms with Gasteiger partial charge in [-0.05, 0) is 73.4 Å². The lowest BCUT2D eigenvalue weighted by Gasteiger charge is -2.32. The van der Waals surface area contributed by atoms with Gasteiger partial charge in [0.25, 0.3) is 5.91 Å². The van der Waals surface area contributed by atoms with Crippen LogP contribution in [0.4, 0.5) is 0 Å². The van der Waals surface area contributed by atoms with Gasteiger partial charge in [-0.2, -0.15) is 0 Å². The Hall–Kier alpha value is -6.09. The number of hydrogen-bond donors (Lipinski definition) is 4. The highest BCUT2D eigenvalue weighted by atomic mass is 16.5.